The van der Waals surface area contributed by atoms with Gasteiger partial charge in [0.2, 0.25) is 0 Å². The van der Waals surface area contributed by atoms with E-state index in [4.69, 9.17) is 0 Å². The number of aryl methyl sites for hydroxylation is 2. The third-order valence-corrected chi connectivity index (χ3v) is 8.74. The van der Waals surface area contributed by atoms with Crippen molar-refractivity contribution in [1.29, 1.82) is 0 Å². The Bertz CT molecular complexity index is 1700. The van der Waals surface area contributed by atoms with Gasteiger partial charge in [0, 0.05) is 24.3 Å². The molecular formula is C24H20N4O8S2. The van der Waals surface area contributed by atoms with Crippen LogP contribution in [0.1, 0.15) is 11.1 Å². The van der Waals surface area contributed by atoms with E-state index >= 15 is 0 Å². The van der Waals surface area contributed by atoms with Gasteiger partial charge in [-0.2, -0.15) is 0 Å². The molecule has 0 atom stereocenters. The standard InChI is InChI=1S/C24H20N4O8S2/c1-15-11-19(27(29)30)7-9-23(15)37(33,34)25-21-13-17-5-3-4-6-18(17)14-22(21)26-38(35,36)24-10-8-20(28(31)32)12-16(24)2/h3-14,25-26H,1-2H3. The number of hydrogen-bond acceptors (Lipinski definition) is 8. The second-order valence-electron chi connectivity index (χ2n) is 8.37. The maximum Gasteiger partial charge on any atom is 0.269 e. The molecule has 0 radical (unpaired) electrons. The molecule has 0 aliphatic heterocycles. The van der Waals surface area contributed by atoms with Crippen molar-refractivity contribution in [1.82, 2.24) is 0 Å². The van der Waals surface area contributed by atoms with Gasteiger partial charge >= 0.3 is 0 Å². The molecule has 14 heteroatoms. The molecule has 0 fully saturated rings. The van der Waals surface area contributed by atoms with E-state index < -0.39 is 29.9 Å². The molecule has 4 aromatic rings. The number of fused-ring (bicyclic) bond motifs is 1. The van der Waals surface area contributed by atoms with E-state index in [1.54, 1.807) is 24.3 Å². The van der Waals surface area contributed by atoms with Gasteiger partial charge in [-0.15, -0.1) is 0 Å². The number of rotatable bonds is 8. The fourth-order valence-electron chi connectivity index (χ4n) is 3.91. The van der Waals surface area contributed by atoms with Crippen molar-refractivity contribution >= 4 is 53.6 Å². The van der Waals surface area contributed by atoms with Crippen LogP contribution in [0.15, 0.2) is 82.6 Å². The van der Waals surface area contributed by atoms with E-state index in [2.05, 4.69) is 9.44 Å². The first kappa shape index (κ1) is 26.5. The summed E-state index contributed by atoms with van der Waals surface area (Å²) in [5, 5.41) is 23.3. The van der Waals surface area contributed by atoms with Crippen LogP contribution in [0.2, 0.25) is 0 Å². The first-order valence-corrected chi connectivity index (χ1v) is 13.8. The summed E-state index contributed by atoms with van der Waals surface area (Å²) < 4.78 is 57.8. The average molecular weight is 557 g/mol. The summed E-state index contributed by atoms with van der Waals surface area (Å²) in [7, 11) is -8.61. The normalized spacial score (nSPS) is 11.7. The predicted octanol–water partition coefficient (Wildman–Crippen LogP) is 4.87. The Kier molecular flexibility index (Phi) is 6.78. The molecule has 0 bridgehead atoms. The van der Waals surface area contributed by atoms with Gasteiger partial charge in [-0.3, -0.25) is 29.7 Å². The summed E-state index contributed by atoms with van der Waals surface area (Å²) in [5.41, 5.74) is -0.500. The number of nitro groups is 2. The van der Waals surface area contributed by atoms with Crippen LogP contribution in [0.5, 0.6) is 0 Å². The number of anilines is 2. The van der Waals surface area contributed by atoms with Crippen LogP contribution in [0, 0.1) is 34.1 Å². The number of benzene rings is 4. The van der Waals surface area contributed by atoms with Crippen LogP contribution < -0.4 is 9.44 Å². The molecule has 196 valence electrons. The minimum Gasteiger partial charge on any atom is -0.277 e. The lowest BCUT2D eigenvalue weighted by molar-refractivity contribution is -0.385. The highest BCUT2D eigenvalue weighted by atomic mass is 32.2. The van der Waals surface area contributed by atoms with E-state index in [1.807, 2.05) is 0 Å². The lowest BCUT2D eigenvalue weighted by Gasteiger charge is -2.17. The Balaban J connectivity index is 1.79. The van der Waals surface area contributed by atoms with E-state index in [-0.39, 0.29) is 43.7 Å². The number of nitrogens with zero attached hydrogens (tertiary/aromatic N) is 2. The second-order valence-corrected chi connectivity index (χ2v) is 11.7. The number of non-ortho nitro benzene ring substituents is 2. The zero-order valence-corrected chi connectivity index (χ0v) is 21.5. The lowest BCUT2D eigenvalue weighted by Crippen LogP contribution is -2.19. The van der Waals surface area contributed by atoms with Crippen molar-refractivity contribution in [3.8, 4) is 0 Å². The summed E-state index contributed by atoms with van der Waals surface area (Å²) in [5.74, 6) is 0. The smallest absolute Gasteiger partial charge is 0.269 e. The molecule has 4 rings (SSSR count). The van der Waals surface area contributed by atoms with Crippen LogP contribution >= 0.6 is 0 Å². The Labute approximate surface area is 217 Å². The Morgan fingerprint density at radius 2 is 0.974 bits per heavy atom. The quantitative estimate of drug-likeness (QED) is 0.228. The SMILES string of the molecule is Cc1cc([N+](=O)[O-])ccc1S(=O)(=O)Nc1cc2ccccc2cc1NS(=O)(=O)c1ccc([N+](=O)[O-])cc1C. The van der Waals surface area contributed by atoms with Crippen LogP contribution in [-0.2, 0) is 20.0 Å². The van der Waals surface area contributed by atoms with Gasteiger partial charge in [-0.1, -0.05) is 24.3 Å². The van der Waals surface area contributed by atoms with Crippen molar-refractivity contribution < 1.29 is 26.7 Å². The Morgan fingerprint density at radius 1 is 0.605 bits per heavy atom. The molecule has 0 amide bonds. The van der Waals surface area contributed by atoms with E-state index in [0.29, 0.717) is 10.8 Å². The van der Waals surface area contributed by atoms with Crippen LogP contribution in [0.4, 0.5) is 22.7 Å². The van der Waals surface area contributed by atoms with E-state index in [9.17, 15) is 37.1 Å². The maximum absolute atomic E-state index is 13.3. The molecule has 38 heavy (non-hydrogen) atoms. The van der Waals surface area contributed by atoms with Gasteiger partial charge in [0.05, 0.1) is 31.0 Å². The average Bonchev–Trinajstić information content (AvgIpc) is 2.83. The van der Waals surface area contributed by atoms with Gasteiger partial charge in [-0.05, 0) is 60.0 Å². The molecule has 0 aliphatic rings. The third-order valence-electron chi connectivity index (χ3n) is 5.69. The highest BCUT2D eigenvalue weighted by molar-refractivity contribution is 7.93. The Morgan fingerprint density at radius 3 is 1.29 bits per heavy atom. The van der Waals surface area contributed by atoms with Crippen molar-refractivity contribution in [2.75, 3.05) is 9.44 Å². The third kappa shape index (κ3) is 5.26. The lowest BCUT2D eigenvalue weighted by atomic mass is 10.1. The van der Waals surface area contributed by atoms with E-state index in [1.165, 1.54) is 26.0 Å². The molecule has 0 saturated heterocycles. The van der Waals surface area contributed by atoms with Crippen molar-refractivity contribution in [3.05, 3.63) is 104 Å². The summed E-state index contributed by atoms with van der Waals surface area (Å²) in [6, 6.07) is 16.3. The Hall–Kier alpha value is -4.56. The molecule has 0 heterocycles. The van der Waals surface area contributed by atoms with Crippen molar-refractivity contribution in [2.24, 2.45) is 0 Å². The van der Waals surface area contributed by atoms with Crippen molar-refractivity contribution in [3.63, 3.8) is 0 Å². The monoisotopic (exact) mass is 556 g/mol. The summed E-state index contributed by atoms with van der Waals surface area (Å²) >= 11 is 0. The van der Waals surface area contributed by atoms with Gasteiger partial charge < -0.3 is 0 Å². The fraction of sp³-hybridized carbons (Fsp3) is 0.0833. The second kappa shape index (κ2) is 9.72. The molecule has 0 aliphatic carbocycles. The molecule has 0 unspecified atom stereocenters. The minimum atomic E-state index is -4.30. The molecular weight excluding hydrogens is 536 g/mol. The summed E-state index contributed by atoms with van der Waals surface area (Å²) in [6.07, 6.45) is 0. The minimum absolute atomic E-state index is 0.0930. The van der Waals surface area contributed by atoms with Crippen molar-refractivity contribution in [2.45, 2.75) is 23.6 Å². The largest absolute Gasteiger partial charge is 0.277 e. The molecule has 2 N–H and O–H groups in total. The van der Waals surface area contributed by atoms with Crippen LogP contribution in [0.3, 0.4) is 0 Å². The highest BCUT2D eigenvalue weighted by Gasteiger charge is 2.24. The first-order valence-electron chi connectivity index (χ1n) is 10.9. The number of nitro benzene ring substituents is 2. The molecule has 0 spiro atoms. The number of nitrogens with one attached hydrogen (secondary N) is 2. The predicted molar refractivity (Wildman–Crippen MR) is 141 cm³/mol. The molecule has 0 saturated carbocycles. The van der Waals surface area contributed by atoms with E-state index in [0.717, 1.165) is 36.4 Å². The molecule has 4 aromatic carbocycles. The zero-order chi connectivity index (χ0) is 27.8. The molecule has 0 aromatic heterocycles. The first-order chi connectivity index (χ1) is 17.8. The van der Waals surface area contributed by atoms with Gasteiger partial charge in [0.15, 0.2) is 0 Å². The topological polar surface area (TPSA) is 179 Å². The van der Waals surface area contributed by atoms with Crippen LogP contribution in [-0.4, -0.2) is 26.7 Å². The van der Waals surface area contributed by atoms with Crippen LogP contribution in [0.25, 0.3) is 10.8 Å². The van der Waals surface area contributed by atoms with Gasteiger partial charge in [0.25, 0.3) is 31.4 Å². The summed E-state index contributed by atoms with van der Waals surface area (Å²) in [6.45, 7) is 2.81. The van der Waals surface area contributed by atoms with Gasteiger partial charge in [-0.25, -0.2) is 16.8 Å². The highest BCUT2D eigenvalue weighted by Crippen LogP contribution is 2.34. The number of hydrogen-bond donors (Lipinski definition) is 2. The summed E-state index contributed by atoms with van der Waals surface area (Å²) in [4.78, 5) is 20.3. The molecule has 12 nitrogen and oxygen atoms in total. The van der Waals surface area contributed by atoms with Gasteiger partial charge in [0.1, 0.15) is 0 Å². The maximum atomic E-state index is 13.3. The fourth-order valence-corrected chi connectivity index (χ4v) is 6.50. The number of sulfonamides is 2. The zero-order valence-electron chi connectivity index (χ0n) is 19.9.